The van der Waals surface area contributed by atoms with Crippen molar-refractivity contribution >= 4 is 20.2 Å². The van der Waals surface area contributed by atoms with Crippen LogP contribution in [0.5, 0.6) is 0 Å². The summed E-state index contributed by atoms with van der Waals surface area (Å²) in [6.07, 6.45) is 1.07. The molecule has 92 valence electrons. The minimum atomic E-state index is -1.40. The van der Waals surface area contributed by atoms with Gasteiger partial charge >= 0.3 is 9.28 Å². The maximum absolute atomic E-state index is 5.62. The van der Waals surface area contributed by atoms with Gasteiger partial charge in [-0.15, -0.1) is 0 Å². The van der Waals surface area contributed by atoms with E-state index in [0.29, 0.717) is 0 Å². The van der Waals surface area contributed by atoms with E-state index in [0.717, 1.165) is 25.7 Å². The van der Waals surface area contributed by atoms with Crippen LogP contribution in [0.15, 0.2) is 30.3 Å². The molecule has 0 heterocycles. The molecule has 16 heavy (non-hydrogen) atoms. The third-order valence-electron chi connectivity index (χ3n) is 2.22. The van der Waals surface area contributed by atoms with Crippen LogP contribution in [0.4, 0.5) is 0 Å². The molecule has 1 aromatic rings. The van der Waals surface area contributed by atoms with E-state index < -0.39 is 9.28 Å². The second kappa shape index (κ2) is 9.78. The van der Waals surface area contributed by atoms with Crippen LogP contribution in [0.1, 0.15) is 19.4 Å². The van der Waals surface area contributed by atoms with Crippen LogP contribution in [0, 0.1) is 0 Å². The predicted molar refractivity (Wildman–Crippen MR) is 76.7 cm³/mol. The Kier molecular flexibility index (Phi) is 9.51. The standard InChI is InChI=1S/C12H20O2Si.H4Si/c1-3-13-15(14-4-2)11-10-12-8-6-5-7-9-12;/h5-9,15H,3-4,10-11H2,1-2H3;1H4. The Hall–Kier alpha value is -0.426. The number of aryl methyl sites for hydroxylation is 1. The van der Waals surface area contributed by atoms with Crippen molar-refractivity contribution in [1.82, 2.24) is 0 Å². The molecule has 1 rings (SSSR count). The molecule has 0 atom stereocenters. The summed E-state index contributed by atoms with van der Waals surface area (Å²) in [5.74, 6) is 0. The molecular weight excluding hydrogens is 232 g/mol. The Balaban J connectivity index is 0.00000225. The second-order valence-electron chi connectivity index (χ2n) is 3.36. The van der Waals surface area contributed by atoms with Gasteiger partial charge in [0.1, 0.15) is 0 Å². The van der Waals surface area contributed by atoms with Crippen molar-refractivity contribution in [3.63, 3.8) is 0 Å². The molecule has 1 aromatic carbocycles. The van der Waals surface area contributed by atoms with Gasteiger partial charge in [-0.2, -0.15) is 0 Å². The number of hydrogen-bond acceptors (Lipinski definition) is 2. The summed E-state index contributed by atoms with van der Waals surface area (Å²) >= 11 is 0. The Morgan fingerprint density at radius 3 is 2.06 bits per heavy atom. The van der Waals surface area contributed by atoms with Gasteiger partial charge in [0.25, 0.3) is 0 Å². The van der Waals surface area contributed by atoms with Crippen molar-refractivity contribution in [3.05, 3.63) is 35.9 Å². The molecule has 0 spiro atoms. The minimum Gasteiger partial charge on any atom is -0.397 e. The van der Waals surface area contributed by atoms with Gasteiger partial charge < -0.3 is 8.85 Å². The highest BCUT2D eigenvalue weighted by molar-refractivity contribution is 6.44. The van der Waals surface area contributed by atoms with Gasteiger partial charge in [-0.3, -0.25) is 0 Å². The monoisotopic (exact) mass is 256 g/mol. The minimum absolute atomic E-state index is 0. The SMILES string of the molecule is CCO[SiH](CCc1ccccc1)OCC.[SiH4]. The molecule has 0 unspecified atom stereocenters. The summed E-state index contributed by atoms with van der Waals surface area (Å²) in [5, 5.41) is 0. The van der Waals surface area contributed by atoms with E-state index in [2.05, 4.69) is 24.3 Å². The van der Waals surface area contributed by atoms with Crippen molar-refractivity contribution in [3.8, 4) is 0 Å². The fraction of sp³-hybridized carbons (Fsp3) is 0.500. The molecule has 0 aliphatic carbocycles. The van der Waals surface area contributed by atoms with Gasteiger partial charge in [-0.25, -0.2) is 0 Å². The second-order valence-corrected chi connectivity index (χ2v) is 5.47. The molecule has 0 aliphatic heterocycles. The van der Waals surface area contributed by atoms with Crippen LogP contribution in [0.2, 0.25) is 6.04 Å². The first-order valence-corrected chi connectivity index (χ1v) is 7.39. The number of hydrogen-bond donors (Lipinski definition) is 0. The highest BCUT2D eigenvalue weighted by atomic mass is 28.3. The zero-order chi connectivity index (χ0) is 10.9. The number of benzene rings is 1. The van der Waals surface area contributed by atoms with Crippen LogP contribution < -0.4 is 0 Å². The van der Waals surface area contributed by atoms with E-state index in [9.17, 15) is 0 Å². The van der Waals surface area contributed by atoms with Gasteiger partial charge in [0.2, 0.25) is 0 Å². The van der Waals surface area contributed by atoms with E-state index in [1.165, 1.54) is 5.56 Å². The molecule has 4 heteroatoms. The van der Waals surface area contributed by atoms with Crippen LogP contribution >= 0.6 is 0 Å². The van der Waals surface area contributed by atoms with Crippen molar-refractivity contribution in [2.24, 2.45) is 0 Å². The predicted octanol–water partition coefficient (Wildman–Crippen LogP) is 1.07. The van der Waals surface area contributed by atoms with Crippen LogP contribution in [-0.4, -0.2) is 33.5 Å². The average Bonchev–Trinajstić information content (AvgIpc) is 2.28. The first-order chi connectivity index (χ1) is 7.36. The van der Waals surface area contributed by atoms with E-state index in [-0.39, 0.29) is 11.0 Å². The molecule has 0 bridgehead atoms. The molecular formula is C12H24O2Si2. The first kappa shape index (κ1) is 15.6. The van der Waals surface area contributed by atoms with Crippen molar-refractivity contribution in [2.45, 2.75) is 26.3 Å². The zero-order valence-electron chi connectivity index (χ0n) is 9.61. The summed E-state index contributed by atoms with van der Waals surface area (Å²) in [6, 6.07) is 11.6. The van der Waals surface area contributed by atoms with Crippen molar-refractivity contribution in [2.75, 3.05) is 13.2 Å². The Labute approximate surface area is 105 Å². The molecule has 0 amide bonds. The number of rotatable bonds is 7. The Bertz CT molecular complexity index is 248. The van der Waals surface area contributed by atoms with E-state index in [1.54, 1.807) is 0 Å². The molecule has 0 radical (unpaired) electrons. The lowest BCUT2D eigenvalue weighted by Crippen LogP contribution is -2.23. The summed E-state index contributed by atoms with van der Waals surface area (Å²) in [6.45, 7) is 5.60. The first-order valence-electron chi connectivity index (χ1n) is 5.64. The van der Waals surface area contributed by atoms with E-state index in [1.807, 2.05) is 19.9 Å². The highest BCUT2D eigenvalue weighted by Gasteiger charge is 2.11. The maximum Gasteiger partial charge on any atom is 0.321 e. The zero-order valence-corrected chi connectivity index (χ0v) is 10.8. The van der Waals surface area contributed by atoms with Crippen LogP contribution in [-0.2, 0) is 15.3 Å². The maximum atomic E-state index is 5.62. The van der Waals surface area contributed by atoms with Crippen LogP contribution in [0.3, 0.4) is 0 Å². The van der Waals surface area contributed by atoms with E-state index in [4.69, 9.17) is 8.85 Å². The summed E-state index contributed by atoms with van der Waals surface area (Å²) in [4.78, 5) is 0. The molecule has 2 nitrogen and oxygen atoms in total. The summed E-state index contributed by atoms with van der Waals surface area (Å²) in [5.41, 5.74) is 1.37. The fourth-order valence-electron chi connectivity index (χ4n) is 1.52. The van der Waals surface area contributed by atoms with Gasteiger partial charge in [0.05, 0.1) is 0 Å². The van der Waals surface area contributed by atoms with E-state index >= 15 is 0 Å². The fourth-order valence-corrected chi connectivity index (χ4v) is 3.26. The lowest BCUT2D eigenvalue weighted by Gasteiger charge is -2.14. The van der Waals surface area contributed by atoms with Gasteiger partial charge in [-0.05, 0) is 42.8 Å². The van der Waals surface area contributed by atoms with Gasteiger partial charge in [0.15, 0.2) is 0 Å². The topological polar surface area (TPSA) is 18.5 Å². The lowest BCUT2D eigenvalue weighted by atomic mass is 10.2. The normalized spacial score (nSPS) is 10.2. The molecule has 0 saturated carbocycles. The van der Waals surface area contributed by atoms with Crippen molar-refractivity contribution in [1.29, 1.82) is 0 Å². The van der Waals surface area contributed by atoms with Crippen molar-refractivity contribution < 1.29 is 8.85 Å². The molecule has 0 N–H and O–H groups in total. The average molecular weight is 256 g/mol. The third-order valence-corrected chi connectivity index (χ3v) is 4.39. The molecule has 0 aromatic heterocycles. The smallest absolute Gasteiger partial charge is 0.321 e. The lowest BCUT2D eigenvalue weighted by molar-refractivity contribution is 0.213. The highest BCUT2D eigenvalue weighted by Crippen LogP contribution is 2.07. The molecule has 0 saturated heterocycles. The largest absolute Gasteiger partial charge is 0.397 e. The summed E-state index contributed by atoms with van der Waals surface area (Å²) in [7, 11) is -1.40. The molecule has 0 aliphatic rings. The van der Waals surface area contributed by atoms with Gasteiger partial charge in [0, 0.05) is 13.2 Å². The third kappa shape index (κ3) is 6.22. The molecule has 0 fully saturated rings. The van der Waals surface area contributed by atoms with Crippen LogP contribution in [0.25, 0.3) is 0 Å². The quantitative estimate of drug-likeness (QED) is 0.680. The Morgan fingerprint density at radius 2 is 1.56 bits per heavy atom. The summed E-state index contributed by atoms with van der Waals surface area (Å²) < 4.78 is 11.2. The van der Waals surface area contributed by atoms with Gasteiger partial charge in [-0.1, -0.05) is 30.3 Å². The Morgan fingerprint density at radius 1 is 1.00 bits per heavy atom.